The summed E-state index contributed by atoms with van der Waals surface area (Å²) in [6, 6.07) is 10.00. The molecule has 1 rings (SSSR count). The number of hydrogen-bond acceptors (Lipinski definition) is 1. The lowest BCUT2D eigenvalue weighted by Crippen LogP contribution is -2.02. The third-order valence-electron chi connectivity index (χ3n) is 2.73. The van der Waals surface area contributed by atoms with Gasteiger partial charge in [0.1, 0.15) is 5.78 Å². The fourth-order valence-electron chi connectivity index (χ4n) is 1.79. The van der Waals surface area contributed by atoms with Crippen molar-refractivity contribution >= 4 is 5.78 Å². The molecule has 0 saturated carbocycles. The van der Waals surface area contributed by atoms with Crippen LogP contribution >= 0.6 is 0 Å². The third-order valence-corrected chi connectivity index (χ3v) is 2.73. The molecular formula is C15H22O. The van der Waals surface area contributed by atoms with E-state index in [0.29, 0.717) is 12.2 Å². The molecule has 1 aromatic carbocycles. The summed E-state index contributed by atoms with van der Waals surface area (Å²) < 4.78 is 0. The molecular weight excluding hydrogens is 196 g/mol. The summed E-state index contributed by atoms with van der Waals surface area (Å²) in [5, 5.41) is 0. The molecule has 0 aromatic heterocycles. The van der Waals surface area contributed by atoms with Gasteiger partial charge in [0.05, 0.1) is 0 Å². The Labute approximate surface area is 98.9 Å². The van der Waals surface area contributed by atoms with E-state index >= 15 is 0 Å². The minimum Gasteiger partial charge on any atom is -0.299 e. The van der Waals surface area contributed by atoms with Gasteiger partial charge in [-0.2, -0.15) is 0 Å². The fraction of sp³-hybridized carbons (Fsp3) is 0.533. The second kappa shape index (κ2) is 7.21. The van der Waals surface area contributed by atoms with Crippen molar-refractivity contribution in [1.29, 1.82) is 0 Å². The van der Waals surface area contributed by atoms with Crippen molar-refractivity contribution in [2.75, 3.05) is 0 Å². The average molecular weight is 218 g/mol. The van der Waals surface area contributed by atoms with Crippen molar-refractivity contribution < 1.29 is 4.79 Å². The molecule has 0 radical (unpaired) electrons. The number of Topliss-reactive ketones (excluding diaryl/α,β-unsaturated/α-hetero) is 1. The largest absolute Gasteiger partial charge is 0.299 e. The van der Waals surface area contributed by atoms with Gasteiger partial charge < -0.3 is 0 Å². The average Bonchev–Trinajstić information content (AvgIpc) is 2.25. The zero-order chi connectivity index (χ0) is 11.8. The van der Waals surface area contributed by atoms with Gasteiger partial charge in [0.15, 0.2) is 0 Å². The van der Waals surface area contributed by atoms with Crippen LogP contribution in [0, 0.1) is 5.92 Å². The molecule has 0 spiro atoms. The van der Waals surface area contributed by atoms with Gasteiger partial charge in [-0.1, -0.05) is 57.0 Å². The van der Waals surface area contributed by atoms with E-state index < -0.39 is 0 Å². The van der Waals surface area contributed by atoms with Gasteiger partial charge in [-0.15, -0.1) is 0 Å². The predicted molar refractivity (Wildman–Crippen MR) is 68.5 cm³/mol. The third kappa shape index (κ3) is 5.69. The number of carbonyl (C=O) groups is 1. The van der Waals surface area contributed by atoms with E-state index in [0.717, 1.165) is 24.3 Å². The Bertz CT molecular complexity index is 300. The van der Waals surface area contributed by atoms with E-state index in [-0.39, 0.29) is 0 Å². The zero-order valence-electron chi connectivity index (χ0n) is 10.4. The molecule has 0 saturated heterocycles. The second-order valence-corrected chi connectivity index (χ2v) is 4.84. The fourth-order valence-corrected chi connectivity index (χ4v) is 1.79. The molecule has 0 aliphatic heterocycles. The molecule has 0 aliphatic rings. The summed E-state index contributed by atoms with van der Waals surface area (Å²) in [5.74, 6) is 1.12. The van der Waals surface area contributed by atoms with E-state index in [1.165, 1.54) is 12.8 Å². The van der Waals surface area contributed by atoms with Gasteiger partial charge in [-0.3, -0.25) is 4.79 Å². The molecule has 0 unspecified atom stereocenters. The van der Waals surface area contributed by atoms with Gasteiger partial charge in [-0.05, 0) is 17.9 Å². The van der Waals surface area contributed by atoms with E-state index in [9.17, 15) is 4.79 Å². The molecule has 0 amide bonds. The van der Waals surface area contributed by atoms with Crippen LogP contribution < -0.4 is 0 Å². The van der Waals surface area contributed by atoms with Gasteiger partial charge >= 0.3 is 0 Å². The normalized spacial score (nSPS) is 10.7. The number of hydrogen-bond donors (Lipinski definition) is 0. The molecule has 0 bridgehead atoms. The summed E-state index contributed by atoms with van der Waals surface area (Å²) in [6.45, 7) is 4.46. The predicted octanol–water partition coefficient (Wildman–Crippen LogP) is 4.01. The van der Waals surface area contributed by atoms with Crippen LogP contribution in [0.1, 0.15) is 45.1 Å². The molecule has 0 aliphatic carbocycles. The summed E-state index contributed by atoms with van der Waals surface area (Å²) in [7, 11) is 0. The van der Waals surface area contributed by atoms with E-state index in [1.54, 1.807) is 0 Å². The van der Waals surface area contributed by atoms with Gasteiger partial charge in [0, 0.05) is 12.8 Å². The molecule has 0 N–H and O–H groups in total. The van der Waals surface area contributed by atoms with Crippen molar-refractivity contribution in [2.45, 2.75) is 46.0 Å². The maximum atomic E-state index is 11.7. The van der Waals surface area contributed by atoms with Crippen LogP contribution in [0.2, 0.25) is 0 Å². The molecule has 1 heteroatoms. The molecule has 88 valence electrons. The van der Waals surface area contributed by atoms with Crippen LogP contribution in [0.15, 0.2) is 30.3 Å². The monoisotopic (exact) mass is 218 g/mol. The number of rotatable bonds is 7. The van der Waals surface area contributed by atoms with E-state index in [1.807, 2.05) is 30.3 Å². The first kappa shape index (κ1) is 13.0. The van der Waals surface area contributed by atoms with Crippen LogP contribution in [0.3, 0.4) is 0 Å². The van der Waals surface area contributed by atoms with Crippen LogP contribution in [-0.2, 0) is 11.2 Å². The Morgan fingerprint density at radius 2 is 1.81 bits per heavy atom. The lowest BCUT2D eigenvalue weighted by molar-refractivity contribution is -0.118. The number of carbonyl (C=O) groups excluding carboxylic acids is 1. The molecule has 1 aromatic rings. The quantitative estimate of drug-likeness (QED) is 0.632. The first-order valence-electron chi connectivity index (χ1n) is 6.24. The zero-order valence-corrected chi connectivity index (χ0v) is 10.4. The maximum absolute atomic E-state index is 11.7. The SMILES string of the molecule is CC(C)CCCCC(=O)Cc1ccccc1. The minimum atomic E-state index is 0.370. The highest BCUT2D eigenvalue weighted by Crippen LogP contribution is 2.10. The van der Waals surface area contributed by atoms with Crippen molar-refractivity contribution in [2.24, 2.45) is 5.92 Å². The minimum absolute atomic E-state index is 0.370. The van der Waals surface area contributed by atoms with Gasteiger partial charge in [-0.25, -0.2) is 0 Å². The standard InChI is InChI=1S/C15H22O/c1-13(2)8-6-7-11-15(16)12-14-9-4-3-5-10-14/h3-5,9-10,13H,6-8,11-12H2,1-2H3. The van der Waals surface area contributed by atoms with Crippen LogP contribution in [0.4, 0.5) is 0 Å². The molecule has 0 heterocycles. The van der Waals surface area contributed by atoms with Crippen molar-refractivity contribution in [1.82, 2.24) is 0 Å². The van der Waals surface area contributed by atoms with Crippen LogP contribution in [-0.4, -0.2) is 5.78 Å². The molecule has 16 heavy (non-hydrogen) atoms. The van der Waals surface area contributed by atoms with Crippen LogP contribution in [0.25, 0.3) is 0 Å². The first-order chi connectivity index (χ1) is 7.68. The Hall–Kier alpha value is -1.11. The Kier molecular flexibility index (Phi) is 5.84. The molecule has 1 nitrogen and oxygen atoms in total. The lowest BCUT2D eigenvalue weighted by Gasteiger charge is -2.04. The highest BCUT2D eigenvalue weighted by molar-refractivity contribution is 5.80. The summed E-state index contributed by atoms with van der Waals surface area (Å²) in [6.07, 6.45) is 4.80. The molecule has 0 atom stereocenters. The molecule has 0 fully saturated rings. The Morgan fingerprint density at radius 1 is 1.12 bits per heavy atom. The van der Waals surface area contributed by atoms with Gasteiger partial charge in [0.25, 0.3) is 0 Å². The smallest absolute Gasteiger partial charge is 0.137 e. The van der Waals surface area contributed by atoms with E-state index in [4.69, 9.17) is 0 Å². The Balaban J connectivity index is 2.17. The summed E-state index contributed by atoms with van der Waals surface area (Å²) >= 11 is 0. The summed E-state index contributed by atoms with van der Waals surface area (Å²) in [4.78, 5) is 11.7. The number of ketones is 1. The second-order valence-electron chi connectivity index (χ2n) is 4.84. The maximum Gasteiger partial charge on any atom is 0.137 e. The number of unbranched alkanes of at least 4 members (excludes halogenated alkanes) is 1. The lowest BCUT2D eigenvalue weighted by atomic mass is 10.0. The van der Waals surface area contributed by atoms with Crippen molar-refractivity contribution in [3.8, 4) is 0 Å². The van der Waals surface area contributed by atoms with E-state index in [2.05, 4.69) is 13.8 Å². The van der Waals surface area contributed by atoms with Crippen LogP contribution in [0.5, 0.6) is 0 Å². The summed E-state index contributed by atoms with van der Waals surface area (Å²) in [5.41, 5.74) is 1.14. The topological polar surface area (TPSA) is 17.1 Å². The Morgan fingerprint density at radius 3 is 2.44 bits per heavy atom. The van der Waals surface area contributed by atoms with Gasteiger partial charge in [0.2, 0.25) is 0 Å². The highest BCUT2D eigenvalue weighted by atomic mass is 16.1. The first-order valence-corrected chi connectivity index (χ1v) is 6.24. The van der Waals surface area contributed by atoms with Crippen molar-refractivity contribution in [3.05, 3.63) is 35.9 Å². The van der Waals surface area contributed by atoms with Crippen molar-refractivity contribution in [3.63, 3.8) is 0 Å². The number of benzene rings is 1. The highest BCUT2D eigenvalue weighted by Gasteiger charge is 2.03.